The second-order valence-corrected chi connectivity index (χ2v) is 8.34. The maximum Gasteiger partial charge on any atom is 0.243 e. The van der Waals surface area contributed by atoms with Gasteiger partial charge in [-0.2, -0.15) is 4.31 Å². The van der Waals surface area contributed by atoms with Crippen molar-refractivity contribution in [1.29, 1.82) is 0 Å². The summed E-state index contributed by atoms with van der Waals surface area (Å²) in [6, 6.07) is 14.1. The second kappa shape index (κ2) is 7.61. The molecule has 0 unspecified atom stereocenters. The second-order valence-electron chi connectivity index (χ2n) is 6.41. The lowest BCUT2D eigenvalue weighted by atomic mass is 10.3. The third-order valence-corrected chi connectivity index (χ3v) is 6.68. The van der Waals surface area contributed by atoms with E-state index >= 15 is 0 Å². The number of hydrogen-bond donors (Lipinski definition) is 0. The molecule has 0 spiro atoms. The molecule has 0 radical (unpaired) electrons. The van der Waals surface area contributed by atoms with E-state index < -0.39 is 10.0 Å². The van der Waals surface area contributed by atoms with Crippen LogP contribution in [0.15, 0.2) is 65.8 Å². The molecule has 9 heteroatoms. The molecule has 28 heavy (non-hydrogen) atoms. The first-order valence-corrected chi connectivity index (χ1v) is 10.4. The van der Waals surface area contributed by atoms with Crippen LogP contribution in [0.2, 0.25) is 0 Å². The fourth-order valence-electron chi connectivity index (χ4n) is 3.17. The SMILES string of the molecule is COc1ccc(S(=O)(=O)N2CCN(c3ccc(-n4cccc4)nn3)CC2)cc1. The Morgan fingerprint density at radius 1 is 0.857 bits per heavy atom. The predicted octanol–water partition coefficient (Wildman–Crippen LogP) is 1.79. The van der Waals surface area contributed by atoms with Gasteiger partial charge in [0.25, 0.3) is 0 Å². The number of methoxy groups -OCH3 is 1. The molecule has 1 saturated heterocycles. The third-order valence-electron chi connectivity index (χ3n) is 4.77. The predicted molar refractivity (Wildman–Crippen MR) is 105 cm³/mol. The third kappa shape index (κ3) is 3.58. The van der Waals surface area contributed by atoms with Crippen LogP contribution in [0.25, 0.3) is 5.82 Å². The van der Waals surface area contributed by atoms with Crippen LogP contribution in [0.3, 0.4) is 0 Å². The summed E-state index contributed by atoms with van der Waals surface area (Å²) in [6.07, 6.45) is 3.82. The van der Waals surface area contributed by atoms with E-state index in [0.717, 1.165) is 11.6 Å². The Hall–Kier alpha value is -2.91. The first-order chi connectivity index (χ1) is 13.6. The highest BCUT2D eigenvalue weighted by Gasteiger charge is 2.29. The van der Waals surface area contributed by atoms with Crippen molar-refractivity contribution < 1.29 is 13.2 Å². The monoisotopic (exact) mass is 399 g/mol. The highest BCUT2D eigenvalue weighted by molar-refractivity contribution is 7.89. The number of nitrogens with zero attached hydrogens (tertiary/aromatic N) is 5. The average molecular weight is 399 g/mol. The Morgan fingerprint density at radius 2 is 1.46 bits per heavy atom. The van der Waals surface area contributed by atoms with Crippen molar-refractivity contribution in [3.8, 4) is 11.6 Å². The molecule has 146 valence electrons. The van der Waals surface area contributed by atoms with Gasteiger partial charge in [0.15, 0.2) is 11.6 Å². The largest absolute Gasteiger partial charge is 0.497 e. The molecule has 2 aromatic heterocycles. The molecule has 1 aromatic carbocycles. The van der Waals surface area contributed by atoms with Crippen molar-refractivity contribution in [2.75, 3.05) is 38.2 Å². The Kier molecular flexibility index (Phi) is 5.01. The summed E-state index contributed by atoms with van der Waals surface area (Å²) in [7, 11) is -1.96. The van der Waals surface area contributed by atoms with E-state index in [1.807, 2.05) is 46.1 Å². The number of sulfonamides is 1. The fourth-order valence-corrected chi connectivity index (χ4v) is 4.59. The van der Waals surface area contributed by atoms with E-state index in [4.69, 9.17) is 4.74 Å². The zero-order valence-electron chi connectivity index (χ0n) is 15.5. The number of piperazine rings is 1. The summed E-state index contributed by atoms with van der Waals surface area (Å²) < 4.78 is 34.2. The van der Waals surface area contributed by atoms with Crippen LogP contribution >= 0.6 is 0 Å². The topological polar surface area (TPSA) is 80.6 Å². The van der Waals surface area contributed by atoms with E-state index in [1.54, 1.807) is 31.4 Å². The number of benzene rings is 1. The van der Waals surface area contributed by atoms with Crippen LogP contribution in [0.1, 0.15) is 0 Å². The molecule has 0 atom stereocenters. The van der Waals surface area contributed by atoms with Gasteiger partial charge >= 0.3 is 0 Å². The molecular weight excluding hydrogens is 378 g/mol. The average Bonchev–Trinajstić information content (AvgIpc) is 3.29. The van der Waals surface area contributed by atoms with Gasteiger partial charge in [0.1, 0.15) is 5.75 Å². The molecule has 0 saturated carbocycles. The van der Waals surface area contributed by atoms with Gasteiger partial charge in [-0.05, 0) is 48.5 Å². The van der Waals surface area contributed by atoms with Crippen LogP contribution in [-0.4, -0.2) is 60.8 Å². The normalized spacial score (nSPS) is 15.5. The maximum absolute atomic E-state index is 12.8. The van der Waals surface area contributed by atoms with Crippen LogP contribution in [0, 0.1) is 0 Å². The van der Waals surface area contributed by atoms with Crippen molar-refractivity contribution in [2.45, 2.75) is 4.90 Å². The Labute approximate surface area is 164 Å². The Balaban J connectivity index is 1.42. The summed E-state index contributed by atoms with van der Waals surface area (Å²) >= 11 is 0. The van der Waals surface area contributed by atoms with Gasteiger partial charge in [-0.3, -0.25) is 0 Å². The Morgan fingerprint density at radius 3 is 2.04 bits per heavy atom. The molecule has 1 fully saturated rings. The van der Waals surface area contributed by atoms with E-state index in [1.165, 1.54) is 4.31 Å². The van der Waals surface area contributed by atoms with Gasteiger partial charge in [0.05, 0.1) is 12.0 Å². The quantitative estimate of drug-likeness (QED) is 0.651. The van der Waals surface area contributed by atoms with Crippen molar-refractivity contribution >= 4 is 15.8 Å². The molecular formula is C19H21N5O3S. The van der Waals surface area contributed by atoms with Gasteiger partial charge < -0.3 is 14.2 Å². The Bertz CT molecular complexity index is 1010. The van der Waals surface area contributed by atoms with Crippen molar-refractivity contribution in [3.63, 3.8) is 0 Å². The number of anilines is 1. The smallest absolute Gasteiger partial charge is 0.243 e. The number of aromatic nitrogens is 3. The molecule has 8 nitrogen and oxygen atoms in total. The van der Waals surface area contributed by atoms with E-state index in [9.17, 15) is 8.42 Å². The summed E-state index contributed by atoms with van der Waals surface area (Å²) in [4.78, 5) is 2.32. The standard InChI is InChI=1S/C19H21N5O3S/c1-27-16-4-6-17(7-5-16)28(25,26)24-14-12-23(13-15-24)19-9-8-18(20-21-19)22-10-2-3-11-22/h2-11H,12-15H2,1H3. The minimum Gasteiger partial charge on any atom is -0.497 e. The molecule has 0 aliphatic carbocycles. The van der Waals surface area contributed by atoms with E-state index in [0.29, 0.717) is 31.9 Å². The lowest BCUT2D eigenvalue weighted by Gasteiger charge is -2.34. The molecule has 3 heterocycles. The number of hydrogen-bond acceptors (Lipinski definition) is 6. The van der Waals surface area contributed by atoms with Crippen molar-refractivity contribution in [1.82, 2.24) is 19.1 Å². The van der Waals surface area contributed by atoms with E-state index in [-0.39, 0.29) is 4.90 Å². The highest BCUT2D eigenvalue weighted by Crippen LogP contribution is 2.22. The summed E-state index contributed by atoms with van der Waals surface area (Å²) in [5.74, 6) is 2.12. The van der Waals surface area contributed by atoms with Gasteiger partial charge in [-0.1, -0.05) is 0 Å². The lowest BCUT2D eigenvalue weighted by Crippen LogP contribution is -2.49. The van der Waals surface area contributed by atoms with Gasteiger partial charge in [0, 0.05) is 38.6 Å². The zero-order valence-corrected chi connectivity index (χ0v) is 16.3. The minimum atomic E-state index is -3.52. The van der Waals surface area contributed by atoms with Crippen LogP contribution in [0.4, 0.5) is 5.82 Å². The van der Waals surface area contributed by atoms with Crippen LogP contribution in [0.5, 0.6) is 5.75 Å². The fraction of sp³-hybridized carbons (Fsp3) is 0.263. The number of rotatable bonds is 5. The zero-order chi connectivity index (χ0) is 19.6. The van der Waals surface area contributed by atoms with Gasteiger partial charge in [-0.25, -0.2) is 8.42 Å². The summed E-state index contributed by atoms with van der Waals surface area (Å²) in [5.41, 5.74) is 0. The summed E-state index contributed by atoms with van der Waals surface area (Å²) in [5, 5.41) is 8.55. The molecule has 0 amide bonds. The van der Waals surface area contributed by atoms with Gasteiger partial charge in [-0.15, -0.1) is 10.2 Å². The molecule has 3 aromatic rings. The molecule has 0 N–H and O–H groups in total. The van der Waals surface area contributed by atoms with Crippen LogP contribution < -0.4 is 9.64 Å². The first kappa shape index (κ1) is 18.5. The van der Waals surface area contributed by atoms with E-state index in [2.05, 4.69) is 10.2 Å². The van der Waals surface area contributed by atoms with Crippen molar-refractivity contribution in [2.24, 2.45) is 0 Å². The molecule has 1 aliphatic heterocycles. The van der Waals surface area contributed by atoms with Gasteiger partial charge in [0.2, 0.25) is 10.0 Å². The first-order valence-electron chi connectivity index (χ1n) is 8.94. The highest BCUT2D eigenvalue weighted by atomic mass is 32.2. The maximum atomic E-state index is 12.8. The lowest BCUT2D eigenvalue weighted by molar-refractivity contribution is 0.383. The molecule has 0 bridgehead atoms. The minimum absolute atomic E-state index is 0.276. The number of ether oxygens (including phenoxy) is 1. The molecule has 4 rings (SSSR count). The summed E-state index contributed by atoms with van der Waals surface area (Å²) in [6.45, 7) is 1.92. The van der Waals surface area contributed by atoms with Crippen molar-refractivity contribution in [3.05, 3.63) is 60.9 Å². The molecule has 1 aliphatic rings. The van der Waals surface area contributed by atoms with Crippen LogP contribution in [-0.2, 0) is 10.0 Å².